The number of halogens is 3. The van der Waals surface area contributed by atoms with Gasteiger partial charge in [0.15, 0.2) is 0 Å². The average Bonchev–Trinajstić information content (AvgIpc) is 3.35. The number of nitrogen functional groups attached to an aromatic ring is 1. The molecule has 0 spiro atoms. The quantitative estimate of drug-likeness (QED) is 0.648. The molecule has 2 aromatic carbocycles. The predicted molar refractivity (Wildman–Crippen MR) is 97.7 cm³/mol. The van der Waals surface area contributed by atoms with Crippen molar-refractivity contribution in [3.63, 3.8) is 0 Å². The molecule has 0 radical (unpaired) electrons. The Morgan fingerprint density at radius 3 is 2.46 bits per heavy atom. The summed E-state index contributed by atoms with van der Waals surface area (Å²) in [5.74, 6) is 0. The Kier molecular flexibility index (Phi) is 4.15. The van der Waals surface area contributed by atoms with Crippen molar-refractivity contribution >= 4 is 16.6 Å². The molecule has 0 bridgehead atoms. The second-order valence-corrected chi connectivity index (χ2v) is 6.86. The number of fused-ring (bicyclic) bond motifs is 1. The Bertz CT molecular complexity index is 922. The van der Waals surface area contributed by atoms with Gasteiger partial charge in [-0.2, -0.15) is 13.2 Å². The number of alkyl halides is 3. The monoisotopic (exact) mass is 359 g/mol. The maximum absolute atomic E-state index is 13.1. The molecule has 4 rings (SSSR count). The van der Waals surface area contributed by atoms with Crippen molar-refractivity contribution < 1.29 is 13.2 Å². The largest absolute Gasteiger partial charge is 0.406 e. The zero-order valence-electron chi connectivity index (χ0n) is 14.2. The van der Waals surface area contributed by atoms with Gasteiger partial charge in [-0.3, -0.25) is 0 Å². The van der Waals surface area contributed by atoms with E-state index in [1.165, 1.54) is 17.4 Å². The molecule has 6 heteroatoms. The number of nitrogens with two attached hydrogens (primary N) is 1. The first-order valence-electron chi connectivity index (χ1n) is 8.68. The van der Waals surface area contributed by atoms with Gasteiger partial charge in [-0.15, -0.1) is 0 Å². The lowest BCUT2D eigenvalue weighted by Crippen LogP contribution is -2.18. The van der Waals surface area contributed by atoms with Gasteiger partial charge in [0.2, 0.25) is 0 Å². The van der Waals surface area contributed by atoms with E-state index >= 15 is 0 Å². The van der Waals surface area contributed by atoms with Gasteiger partial charge >= 0.3 is 6.18 Å². The molecule has 136 valence electrons. The molecule has 0 amide bonds. The highest BCUT2D eigenvalue weighted by Crippen LogP contribution is 2.34. The van der Waals surface area contributed by atoms with Crippen LogP contribution in [-0.4, -0.2) is 16.8 Å². The first-order chi connectivity index (χ1) is 12.4. The fraction of sp³-hybridized carbons (Fsp3) is 0.300. The van der Waals surface area contributed by atoms with Crippen LogP contribution in [-0.2, 0) is 13.1 Å². The van der Waals surface area contributed by atoms with E-state index in [9.17, 15) is 13.2 Å². The highest BCUT2D eigenvalue weighted by molar-refractivity contribution is 5.95. The molecule has 3 nitrogen and oxygen atoms in total. The second kappa shape index (κ2) is 6.36. The first kappa shape index (κ1) is 17.0. The molecule has 1 aliphatic rings. The van der Waals surface area contributed by atoms with Crippen molar-refractivity contribution in [1.82, 2.24) is 9.88 Å². The van der Waals surface area contributed by atoms with Gasteiger partial charge in [-0.1, -0.05) is 30.3 Å². The fourth-order valence-electron chi connectivity index (χ4n) is 3.24. The Labute approximate surface area is 149 Å². The van der Waals surface area contributed by atoms with Crippen LogP contribution in [0.15, 0.2) is 48.5 Å². The molecule has 3 N–H and O–H groups in total. The summed E-state index contributed by atoms with van der Waals surface area (Å²) in [7, 11) is 0. The summed E-state index contributed by atoms with van der Waals surface area (Å²) < 4.78 is 40.7. The molecular formula is C20H20F3N3. The van der Waals surface area contributed by atoms with E-state index in [1.807, 2.05) is 24.3 Å². The molecule has 1 fully saturated rings. The summed E-state index contributed by atoms with van der Waals surface area (Å²) in [6.07, 6.45) is -1.87. The number of benzene rings is 2. The number of hydrogen-bond donors (Lipinski definition) is 2. The molecule has 3 aromatic rings. The van der Waals surface area contributed by atoms with Crippen molar-refractivity contribution in [2.45, 2.75) is 38.1 Å². The van der Waals surface area contributed by atoms with E-state index in [4.69, 9.17) is 5.73 Å². The highest BCUT2D eigenvalue weighted by atomic mass is 19.4. The van der Waals surface area contributed by atoms with E-state index in [1.54, 1.807) is 24.3 Å². The predicted octanol–water partition coefficient (Wildman–Crippen LogP) is 4.70. The standard InChI is InChI=1S/C20H20F3N3/c21-20(22,23)12-26-18-3-1-2-17(24)16(18)10-19(26)14-6-4-13(5-7-14)11-25-15-8-9-15/h1-7,10,15,25H,8-9,11-12,24H2. The van der Waals surface area contributed by atoms with Gasteiger partial charge in [0.25, 0.3) is 0 Å². The Morgan fingerprint density at radius 2 is 1.81 bits per heavy atom. The minimum atomic E-state index is -4.31. The van der Waals surface area contributed by atoms with Crippen LogP contribution < -0.4 is 11.1 Å². The molecule has 1 saturated carbocycles. The minimum Gasteiger partial charge on any atom is -0.398 e. The van der Waals surface area contributed by atoms with Crippen molar-refractivity contribution in [2.75, 3.05) is 5.73 Å². The van der Waals surface area contributed by atoms with E-state index < -0.39 is 12.7 Å². The van der Waals surface area contributed by atoms with Crippen LogP contribution in [0.25, 0.3) is 22.2 Å². The third-order valence-electron chi connectivity index (χ3n) is 4.74. The van der Waals surface area contributed by atoms with Crippen molar-refractivity contribution in [3.05, 3.63) is 54.1 Å². The lowest BCUT2D eigenvalue weighted by atomic mass is 10.1. The van der Waals surface area contributed by atoms with E-state index in [0.29, 0.717) is 28.3 Å². The highest BCUT2D eigenvalue weighted by Gasteiger charge is 2.30. The summed E-state index contributed by atoms with van der Waals surface area (Å²) in [6.45, 7) is -0.260. The molecule has 1 aromatic heterocycles. The summed E-state index contributed by atoms with van der Waals surface area (Å²) >= 11 is 0. The average molecular weight is 359 g/mol. The summed E-state index contributed by atoms with van der Waals surface area (Å²) in [5.41, 5.74) is 9.35. The van der Waals surface area contributed by atoms with Crippen LogP contribution in [0.2, 0.25) is 0 Å². The topological polar surface area (TPSA) is 43.0 Å². The van der Waals surface area contributed by atoms with Crippen LogP contribution in [0.3, 0.4) is 0 Å². The third kappa shape index (κ3) is 3.55. The summed E-state index contributed by atoms with van der Waals surface area (Å²) in [6, 6.07) is 15.1. The van der Waals surface area contributed by atoms with E-state index in [0.717, 1.165) is 17.7 Å². The van der Waals surface area contributed by atoms with Gasteiger partial charge in [-0.05, 0) is 42.2 Å². The zero-order valence-corrected chi connectivity index (χ0v) is 14.2. The van der Waals surface area contributed by atoms with Crippen LogP contribution in [0.1, 0.15) is 18.4 Å². The van der Waals surface area contributed by atoms with Crippen LogP contribution >= 0.6 is 0 Å². The summed E-state index contributed by atoms with van der Waals surface area (Å²) in [4.78, 5) is 0. The summed E-state index contributed by atoms with van der Waals surface area (Å²) in [5, 5.41) is 4.08. The van der Waals surface area contributed by atoms with Crippen LogP contribution in [0.4, 0.5) is 18.9 Å². The molecule has 0 saturated heterocycles. The number of hydrogen-bond acceptors (Lipinski definition) is 2. The van der Waals surface area contributed by atoms with Crippen molar-refractivity contribution in [2.24, 2.45) is 0 Å². The Morgan fingerprint density at radius 1 is 1.08 bits per heavy atom. The number of nitrogens with one attached hydrogen (secondary N) is 1. The Balaban J connectivity index is 1.72. The molecule has 0 aliphatic heterocycles. The van der Waals surface area contributed by atoms with Gasteiger partial charge in [0, 0.05) is 29.4 Å². The lowest BCUT2D eigenvalue weighted by molar-refractivity contribution is -0.139. The first-order valence-corrected chi connectivity index (χ1v) is 8.68. The van der Waals surface area contributed by atoms with Crippen molar-refractivity contribution in [3.8, 4) is 11.3 Å². The SMILES string of the molecule is Nc1cccc2c1cc(-c1ccc(CNC3CC3)cc1)n2CC(F)(F)F. The van der Waals surface area contributed by atoms with E-state index in [-0.39, 0.29) is 0 Å². The third-order valence-corrected chi connectivity index (χ3v) is 4.74. The molecular weight excluding hydrogens is 339 g/mol. The van der Waals surface area contributed by atoms with Gasteiger partial charge in [-0.25, -0.2) is 0 Å². The lowest BCUT2D eigenvalue weighted by Gasteiger charge is -2.14. The van der Waals surface area contributed by atoms with Crippen LogP contribution in [0.5, 0.6) is 0 Å². The normalized spacial score (nSPS) is 14.9. The number of anilines is 1. The molecule has 0 atom stereocenters. The zero-order chi connectivity index (χ0) is 18.3. The molecule has 0 unspecified atom stereocenters. The number of aromatic nitrogens is 1. The number of rotatable bonds is 5. The maximum atomic E-state index is 13.1. The van der Waals surface area contributed by atoms with Crippen molar-refractivity contribution in [1.29, 1.82) is 0 Å². The van der Waals surface area contributed by atoms with Crippen LogP contribution in [0, 0.1) is 0 Å². The van der Waals surface area contributed by atoms with Gasteiger partial charge in [0.05, 0.1) is 5.52 Å². The second-order valence-electron chi connectivity index (χ2n) is 6.86. The smallest absolute Gasteiger partial charge is 0.398 e. The van der Waals surface area contributed by atoms with Gasteiger partial charge < -0.3 is 15.6 Å². The van der Waals surface area contributed by atoms with Gasteiger partial charge in [0.1, 0.15) is 6.54 Å². The Hall–Kier alpha value is -2.47. The minimum absolute atomic E-state index is 0.481. The fourth-order valence-corrected chi connectivity index (χ4v) is 3.24. The number of nitrogens with zero attached hydrogens (tertiary/aromatic N) is 1. The molecule has 1 heterocycles. The van der Waals surface area contributed by atoms with E-state index in [2.05, 4.69) is 5.32 Å². The maximum Gasteiger partial charge on any atom is 0.406 e. The molecule has 26 heavy (non-hydrogen) atoms. The molecule has 1 aliphatic carbocycles.